The number of carbonyl (C=O) groups excluding carboxylic acids is 3. The molecule has 2 aliphatic heterocycles. The first kappa shape index (κ1) is 26.4. The highest BCUT2D eigenvalue weighted by atomic mass is 35.5. The van der Waals surface area contributed by atoms with Crippen LogP contribution in [-0.2, 0) is 14.4 Å². The normalized spacial score (nSPS) is 17.2. The van der Waals surface area contributed by atoms with Crippen LogP contribution in [0.4, 0.5) is 11.4 Å². The first-order valence-corrected chi connectivity index (χ1v) is 13.8. The minimum Gasteiger partial charge on any atom is -0.323 e. The van der Waals surface area contributed by atoms with Gasteiger partial charge in [0.15, 0.2) is 0 Å². The van der Waals surface area contributed by atoms with Gasteiger partial charge in [0.1, 0.15) is 10.9 Å². The number of amides is 3. The maximum Gasteiger partial charge on any atom is 0.267 e. The molecule has 2 aromatic carbocycles. The van der Waals surface area contributed by atoms with Crippen molar-refractivity contribution in [1.29, 1.82) is 0 Å². The molecule has 1 N–H and O–H groups in total. The van der Waals surface area contributed by atoms with Crippen molar-refractivity contribution >= 4 is 74.6 Å². The molecule has 2 aromatic rings. The van der Waals surface area contributed by atoms with E-state index in [9.17, 15) is 14.4 Å². The molecule has 4 rings (SSSR count). The van der Waals surface area contributed by atoms with Gasteiger partial charge in [-0.3, -0.25) is 24.2 Å². The largest absolute Gasteiger partial charge is 0.323 e. The van der Waals surface area contributed by atoms with Crippen LogP contribution in [0.3, 0.4) is 0 Å². The van der Waals surface area contributed by atoms with Crippen LogP contribution >= 0.6 is 35.6 Å². The van der Waals surface area contributed by atoms with Gasteiger partial charge in [-0.25, -0.2) is 0 Å². The SMILES string of the molecule is CCCCCCCCN1C(=O)/C(=C2/C(=O)N(CC(=O)Nc3ccccc3Cl)c3ccccc32)SC1=S. The summed E-state index contributed by atoms with van der Waals surface area (Å²) in [7, 11) is 0. The Hall–Kier alpha value is -2.68. The van der Waals surface area contributed by atoms with Crippen LogP contribution < -0.4 is 10.2 Å². The van der Waals surface area contributed by atoms with Crippen molar-refractivity contribution in [2.24, 2.45) is 0 Å². The second kappa shape index (κ2) is 12.0. The van der Waals surface area contributed by atoms with Gasteiger partial charge >= 0.3 is 0 Å². The molecule has 0 saturated carbocycles. The number of thioether (sulfide) groups is 1. The molecule has 0 unspecified atom stereocenters. The van der Waals surface area contributed by atoms with Gasteiger partial charge in [0.05, 0.1) is 26.9 Å². The highest BCUT2D eigenvalue weighted by molar-refractivity contribution is 8.26. The summed E-state index contributed by atoms with van der Waals surface area (Å²) in [5, 5.41) is 3.17. The number of benzene rings is 2. The Kier molecular flexibility index (Phi) is 8.82. The number of hydrogen-bond acceptors (Lipinski definition) is 5. The fourth-order valence-corrected chi connectivity index (χ4v) is 5.91. The van der Waals surface area contributed by atoms with Gasteiger partial charge in [-0.2, -0.15) is 0 Å². The van der Waals surface area contributed by atoms with Crippen molar-refractivity contribution in [2.75, 3.05) is 23.3 Å². The summed E-state index contributed by atoms with van der Waals surface area (Å²) in [6, 6.07) is 14.1. The lowest BCUT2D eigenvalue weighted by Crippen LogP contribution is -2.35. The molecule has 9 heteroatoms. The standard InChI is InChI=1S/C27H28ClN3O3S2/c1-2-3-4-5-6-11-16-30-26(34)24(36-27(30)35)23-18-12-7-10-15-21(18)31(25(23)33)17-22(32)29-20-14-9-8-13-19(20)28/h7-10,12-15H,2-6,11,16-17H2,1H3,(H,29,32)/b24-23-. The molecule has 0 aromatic heterocycles. The topological polar surface area (TPSA) is 69.7 Å². The van der Waals surface area contributed by atoms with Crippen LogP contribution in [0.2, 0.25) is 5.02 Å². The lowest BCUT2D eigenvalue weighted by Gasteiger charge is -2.17. The fourth-order valence-electron chi connectivity index (χ4n) is 4.34. The molecule has 3 amide bonds. The third kappa shape index (κ3) is 5.66. The Morgan fingerprint density at radius 2 is 1.64 bits per heavy atom. The third-order valence-electron chi connectivity index (χ3n) is 6.18. The number of halogens is 1. The summed E-state index contributed by atoms with van der Waals surface area (Å²) in [5.74, 6) is -1.01. The molecular formula is C27H28ClN3O3S2. The smallest absolute Gasteiger partial charge is 0.267 e. The van der Waals surface area contributed by atoms with Crippen LogP contribution in [-0.4, -0.2) is 40.0 Å². The number of thiocarbonyl (C=S) groups is 1. The first-order valence-electron chi connectivity index (χ1n) is 12.2. The van der Waals surface area contributed by atoms with Crippen LogP contribution in [0.25, 0.3) is 5.57 Å². The lowest BCUT2D eigenvalue weighted by molar-refractivity contribution is -0.122. The number of nitrogens with zero attached hydrogens (tertiary/aromatic N) is 2. The van der Waals surface area contributed by atoms with Crippen molar-refractivity contribution in [3.63, 3.8) is 0 Å². The van der Waals surface area contributed by atoms with Gasteiger partial charge in [0, 0.05) is 12.1 Å². The van der Waals surface area contributed by atoms with Crippen molar-refractivity contribution in [3.05, 3.63) is 64.0 Å². The molecule has 2 aliphatic rings. The zero-order chi connectivity index (χ0) is 25.7. The Morgan fingerprint density at radius 1 is 0.944 bits per heavy atom. The molecule has 1 fully saturated rings. The maximum atomic E-state index is 13.6. The zero-order valence-electron chi connectivity index (χ0n) is 20.1. The summed E-state index contributed by atoms with van der Waals surface area (Å²) < 4.78 is 0.469. The van der Waals surface area contributed by atoms with Crippen molar-refractivity contribution in [2.45, 2.75) is 45.4 Å². The molecule has 0 radical (unpaired) electrons. The first-order chi connectivity index (χ1) is 17.4. The van der Waals surface area contributed by atoms with Crippen LogP contribution in [0.5, 0.6) is 0 Å². The molecule has 188 valence electrons. The minimum absolute atomic E-state index is 0.206. The van der Waals surface area contributed by atoms with E-state index in [4.69, 9.17) is 23.8 Å². The molecule has 6 nitrogen and oxygen atoms in total. The van der Waals surface area contributed by atoms with E-state index in [1.54, 1.807) is 47.4 Å². The number of unbranched alkanes of at least 4 members (excludes halogenated alkanes) is 5. The fraction of sp³-hybridized carbons (Fsp3) is 0.333. The summed E-state index contributed by atoms with van der Waals surface area (Å²) in [6.07, 6.45) is 6.67. The molecule has 1 saturated heterocycles. The predicted molar refractivity (Wildman–Crippen MR) is 151 cm³/mol. The average molecular weight is 542 g/mol. The quantitative estimate of drug-likeness (QED) is 0.218. The lowest BCUT2D eigenvalue weighted by atomic mass is 10.1. The summed E-state index contributed by atoms with van der Waals surface area (Å²) in [5.41, 5.74) is 2.00. The van der Waals surface area contributed by atoms with E-state index < -0.39 is 0 Å². The van der Waals surface area contributed by atoms with E-state index in [-0.39, 0.29) is 24.3 Å². The van der Waals surface area contributed by atoms with Crippen LogP contribution in [0.15, 0.2) is 53.4 Å². The molecule has 0 bridgehead atoms. The van der Waals surface area contributed by atoms with E-state index in [0.29, 0.717) is 43.3 Å². The average Bonchev–Trinajstić information content (AvgIpc) is 3.29. The van der Waals surface area contributed by atoms with Gasteiger partial charge < -0.3 is 5.32 Å². The predicted octanol–water partition coefficient (Wildman–Crippen LogP) is 6.26. The number of nitrogens with one attached hydrogen (secondary N) is 1. The number of rotatable bonds is 10. The number of carbonyl (C=O) groups is 3. The minimum atomic E-state index is -0.386. The van der Waals surface area contributed by atoms with E-state index in [1.807, 2.05) is 6.07 Å². The number of anilines is 2. The highest BCUT2D eigenvalue weighted by Gasteiger charge is 2.42. The number of hydrogen-bond donors (Lipinski definition) is 1. The van der Waals surface area contributed by atoms with Gasteiger partial charge in [-0.15, -0.1) is 0 Å². The summed E-state index contributed by atoms with van der Waals surface area (Å²) >= 11 is 12.8. The van der Waals surface area contributed by atoms with Crippen molar-refractivity contribution < 1.29 is 14.4 Å². The Labute approximate surface area is 226 Å². The number of fused-ring (bicyclic) bond motifs is 1. The van der Waals surface area contributed by atoms with Gasteiger partial charge in [0.2, 0.25) is 5.91 Å². The summed E-state index contributed by atoms with van der Waals surface area (Å²) in [6.45, 7) is 2.53. The Bertz CT molecular complexity index is 1230. The van der Waals surface area contributed by atoms with E-state index in [0.717, 1.165) is 19.3 Å². The molecular weight excluding hydrogens is 514 g/mol. The molecule has 0 spiro atoms. The molecule has 36 heavy (non-hydrogen) atoms. The van der Waals surface area contributed by atoms with E-state index in [1.165, 1.54) is 35.9 Å². The Morgan fingerprint density at radius 3 is 2.42 bits per heavy atom. The van der Waals surface area contributed by atoms with E-state index in [2.05, 4.69) is 12.2 Å². The van der Waals surface area contributed by atoms with Gasteiger partial charge in [0.25, 0.3) is 11.8 Å². The monoisotopic (exact) mass is 541 g/mol. The molecule has 2 heterocycles. The number of para-hydroxylation sites is 2. The summed E-state index contributed by atoms with van der Waals surface area (Å²) in [4.78, 5) is 43.0. The second-order valence-electron chi connectivity index (χ2n) is 8.73. The van der Waals surface area contributed by atoms with Gasteiger partial charge in [-0.05, 0) is 24.6 Å². The highest BCUT2D eigenvalue weighted by Crippen LogP contribution is 2.44. The molecule has 0 atom stereocenters. The zero-order valence-corrected chi connectivity index (χ0v) is 22.5. The van der Waals surface area contributed by atoms with E-state index >= 15 is 0 Å². The maximum absolute atomic E-state index is 13.6. The third-order valence-corrected chi connectivity index (χ3v) is 7.96. The second-order valence-corrected chi connectivity index (χ2v) is 10.8. The van der Waals surface area contributed by atoms with Crippen molar-refractivity contribution in [3.8, 4) is 0 Å². The van der Waals surface area contributed by atoms with Crippen LogP contribution in [0, 0.1) is 0 Å². The van der Waals surface area contributed by atoms with Gasteiger partial charge in [-0.1, -0.05) is 105 Å². The Balaban J connectivity index is 1.51. The molecule has 0 aliphatic carbocycles. The van der Waals surface area contributed by atoms with Crippen LogP contribution in [0.1, 0.15) is 51.0 Å². The van der Waals surface area contributed by atoms with Crippen molar-refractivity contribution in [1.82, 2.24) is 4.90 Å².